The lowest BCUT2D eigenvalue weighted by atomic mass is 9.78. The fourth-order valence-corrected chi connectivity index (χ4v) is 2.80. The van der Waals surface area contributed by atoms with Gasteiger partial charge >= 0.3 is 0 Å². The van der Waals surface area contributed by atoms with E-state index in [1.165, 1.54) is 6.92 Å². The van der Waals surface area contributed by atoms with Crippen LogP contribution in [0.2, 0.25) is 0 Å². The van der Waals surface area contributed by atoms with E-state index in [1.54, 1.807) is 6.07 Å². The summed E-state index contributed by atoms with van der Waals surface area (Å²) in [5, 5.41) is 10.9. The molecule has 5 nitrogen and oxygen atoms in total. The Morgan fingerprint density at radius 1 is 1.59 bits per heavy atom. The standard InChI is InChI=1S/C11H21N3O2S/c1-9(7-12)17(15,16)14-8-10-11(2,3)5-4-6-13-10/h9-10,13-14H,4-6,8H2,1-3H3. The molecule has 1 heterocycles. The minimum Gasteiger partial charge on any atom is -0.312 e. The van der Waals surface area contributed by atoms with Crippen LogP contribution in [-0.2, 0) is 10.0 Å². The Morgan fingerprint density at radius 3 is 2.76 bits per heavy atom. The average molecular weight is 259 g/mol. The van der Waals surface area contributed by atoms with Crippen LogP contribution in [-0.4, -0.2) is 32.8 Å². The average Bonchev–Trinajstić information content (AvgIpc) is 2.25. The van der Waals surface area contributed by atoms with Crippen LogP contribution in [0.5, 0.6) is 0 Å². The van der Waals surface area contributed by atoms with Crippen molar-refractivity contribution in [3.8, 4) is 6.07 Å². The fourth-order valence-electron chi connectivity index (χ4n) is 2.01. The Balaban J connectivity index is 2.59. The zero-order valence-electron chi connectivity index (χ0n) is 10.7. The van der Waals surface area contributed by atoms with Crippen LogP contribution in [0.3, 0.4) is 0 Å². The third-order valence-electron chi connectivity index (χ3n) is 3.47. The molecular weight excluding hydrogens is 238 g/mol. The number of nitriles is 1. The molecule has 0 aromatic rings. The van der Waals surface area contributed by atoms with Gasteiger partial charge in [0, 0.05) is 12.6 Å². The zero-order chi connectivity index (χ0) is 13.1. The molecule has 0 saturated carbocycles. The molecule has 0 aliphatic carbocycles. The number of rotatable bonds is 4. The molecule has 1 fully saturated rings. The zero-order valence-corrected chi connectivity index (χ0v) is 11.5. The quantitative estimate of drug-likeness (QED) is 0.774. The first kappa shape index (κ1) is 14.4. The van der Waals surface area contributed by atoms with Crippen LogP contribution in [0, 0.1) is 16.7 Å². The van der Waals surface area contributed by atoms with Gasteiger partial charge in [0.2, 0.25) is 10.0 Å². The summed E-state index contributed by atoms with van der Waals surface area (Å²) in [6.45, 7) is 6.92. The summed E-state index contributed by atoms with van der Waals surface area (Å²) >= 11 is 0. The molecule has 2 atom stereocenters. The first-order chi connectivity index (χ1) is 7.79. The van der Waals surface area contributed by atoms with Gasteiger partial charge < -0.3 is 5.32 Å². The Kier molecular flexibility index (Phi) is 4.53. The van der Waals surface area contributed by atoms with Crippen LogP contribution in [0.15, 0.2) is 0 Å². The number of sulfonamides is 1. The molecule has 6 heteroatoms. The largest absolute Gasteiger partial charge is 0.312 e. The van der Waals surface area contributed by atoms with Crippen LogP contribution in [0.4, 0.5) is 0 Å². The summed E-state index contributed by atoms with van der Waals surface area (Å²) < 4.78 is 25.8. The second-order valence-electron chi connectivity index (χ2n) is 5.26. The van der Waals surface area contributed by atoms with Gasteiger partial charge in [-0.25, -0.2) is 13.1 Å². The topological polar surface area (TPSA) is 82.0 Å². The summed E-state index contributed by atoms with van der Waals surface area (Å²) in [4.78, 5) is 0. The maximum atomic E-state index is 11.7. The molecule has 1 rings (SSSR count). The molecule has 0 bridgehead atoms. The van der Waals surface area contributed by atoms with Gasteiger partial charge in [0.1, 0.15) is 0 Å². The number of piperidine rings is 1. The highest BCUT2D eigenvalue weighted by molar-refractivity contribution is 7.90. The van der Waals surface area contributed by atoms with E-state index < -0.39 is 15.3 Å². The van der Waals surface area contributed by atoms with Crippen molar-refractivity contribution in [1.82, 2.24) is 10.0 Å². The number of nitrogens with zero attached hydrogens (tertiary/aromatic N) is 1. The maximum Gasteiger partial charge on any atom is 0.227 e. The Morgan fingerprint density at radius 2 is 2.24 bits per heavy atom. The predicted molar refractivity (Wildman–Crippen MR) is 66.8 cm³/mol. The van der Waals surface area contributed by atoms with E-state index in [1.807, 2.05) is 0 Å². The van der Waals surface area contributed by atoms with E-state index in [9.17, 15) is 8.42 Å². The molecule has 0 spiro atoms. The van der Waals surface area contributed by atoms with Crippen molar-refractivity contribution in [2.45, 2.75) is 44.9 Å². The lowest BCUT2D eigenvalue weighted by Crippen LogP contribution is -2.53. The van der Waals surface area contributed by atoms with Crippen molar-refractivity contribution in [1.29, 1.82) is 5.26 Å². The first-order valence-electron chi connectivity index (χ1n) is 5.91. The van der Waals surface area contributed by atoms with E-state index in [0.29, 0.717) is 6.54 Å². The molecule has 2 unspecified atom stereocenters. The van der Waals surface area contributed by atoms with Gasteiger partial charge in [0.05, 0.1) is 6.07 Å². The van der Waals surface area contributed by atoms with E-state index in [2.05, 4.69) is 23.9 Å². The highest BCUT2D eigenvalue weighted by Gasteiger charge is 2.33. The predicted octanol–water partition coefficient (Wildman–Crippen LogP) is 0.596. The molecule has 0 aromatic heterocycles. The van der Waals surface area contributed by atoms with Crippen LogP contribution < -0.4 is 10.0 Å². The Hall–Kier alpha value is -0.640. The molecule has 1 aliphatic heterocycles. The summed E-state index contributed by atoms with van der Waals surface area (Å²) in [5.74, 6) is 0. The monoisotopic (exact) mass is 259 g/mol. The minimum absolute atomic E-state index is 0.0800. The molecule has 0 radical (unpaired) electrons. The van der Waals surface area contributed by atoms with Crippen LogP contribution >= 0.6 is 0 Å². The van der Waals surface area contributed by atoms with Crippen LogP contribution in [0.25, 0.3) is 0 Å². The number of hydrogen-bond donors (Lipinski definition) is 2. The summed E-state index contributed by atoms with van der Waals surface area (Å²) in [5.41, 5.74) is 0.0800. The maximum absolute atomic E-state index is 11.7. The molecular formula is C11H21N3O2S. The Labute approximate surface area is 104 Å². The summed E-state index contributed by atoms with van der Waals surface area (Å²) in [6, 6.07) is 1.86. The molecule has 98 valence electrons. The van der Waals surface area contributed by atoms with Crippen molar-refractivity contribution in [2.24, 2.45) is 5.41 Å². The van der Waals surface area contributed by atoms with Gasteiger partial charge in [0.25, 0.3) is 0 Å². The van der Waals surface area contributed by atoms with Crippen molar-refractivity contribution >= 4 is 10.0 Å². The summed E-state index contributed by atoms with van der Waals surface area (Å²) in [6.07, 6.45) is 2.20. The first-order valence-corrected chi connectivity index (χ1v) is 7.46. The minimum atomic E-state index is -3.51. The summed E-state index contributed by atoms with van der Waals surface area (Å²) in [7, 11) is -3.51. The van der Waals surface area contributed by atoms with Gasteiger partial charge in [0.15, 0.2) is 5.25 Å². The third-order valence-corrected chi connectivity index (χ3v) is 5.07. The Bertz CT molecular complexity index is 397. The number of nitrogens with one attached hydrogen (secondary N) is 2. The van der Waals surface area contributed by atoms with E-state index in [4.69, 9.17) is 5.26 Å². The lowest BCUT2D eigenvalue weighted by molar-refractivity contribution is 0.181. The van der Waals surface area contributed by atoms with E-state index >= 15 is 0 Å². The molecule has 0 aromatic carbocycles. The van der Waals surface area contributed by atoms with Crippen LogP contribution in [0.1, 0.15) is 33.6 Å². The van der Waals surface area contributed by atoms with Gasteiger partial charge in [-0.2, -0.15) is 5.26 Å². The third kappa shape index (κ3) is 3.66. The lowest BCUT2D eigenvalue weighted by Gasteiger charge is -2.39. The van der Waals surface area contributed by atoms with Crippen molar-refractivity contribution in [2.75, 3.05) is 13.1 Å². The molecule has 0 amide bonds. The SMILES string of the molecule is CC(C#N)S(=O)(=O)NCC1NCCCC1(C)C. The van der Waals surface area contributed by atoms with E-state index in [0.717, 1.165) is 19.4 Å². The molecule has 1 saturated heterocycles. The highest BCUT2D eigenvalue weighted by Crippen LogP contribution is 2.29. The second kappa shape index (κ2) is 5.34. The van der Waals surface area contributed by atoms with Crippen molar-refractivity contribution < 1.29 is 8.42 Å². The van der Waals surface area contributed by atoms with Gasteiger partial charge in [-0.15, -0.1) is 0 Å². The highest BCUT2D eigenvalue weighted by atomic mass is 32.2. The van der Waals surface area contributed by atoms with Gasteiger partial charge in [-0.1, -0.05) is 13.8 Å². The molecule has 17 heavy (non-hydrogen) atoms. The second-order valence-corrected chi connectivity index (χ2v) is 7.35. The van der Waals surface area contributed by atoms with Gasteiger partial charge in [-0.05, 0) is 31.7 Å². The normalized spacial score (nSPS) is 26.1. The number of hydrogen-bond acceptors (Lipinski definition) is 4. The van der Waals surface area contributed by atoms with E-state index in [-0.39, 0.29) is 11.5 Å². The molecule has 1 aliphatic rings. The van der Waals surface area contributed by atoms with Crippen molar-refractivity contribution in [3.05, 3.63) is 0 Å². The molecule has 2 N–H and O–H groups in total. The smallest absolute Gasteiger partial charge is 0.227 e. The van der Waals surface area contributed by atoms with Gasteiger partial charge in [-0.3, -0.25) is 0 Å². The fraction of sp³-hybridized carbons (Fsp3) is 0.909. The van der Waals surface area contributed by atoms with Crippen molar-refractivity contribution in [3.63, 3.8) is 0 Å².